The third-order valence-electron chi connectivity index (χ3n) is 5.20. The van der Waals surface area contributed by atoms with E-state index in [1.807, 2.05) is 37.3 Å². The molecular weight excluding hydrogens is 346 g/mol. The van der Waals surface area contributed by atoms with Gasteiger partial charge in [-0.15, -0.1) is 0 Å². The maximum Gasteiger partial charge on any atom is 0.321 e. The number of urea groups is 1. The number of anilines is 1. The van der Waals surface area contributed by atoms with Crippen LogP contribution in [0.1, 0.15) is 32.6 Å². The molecule has 1 saturated heterocycles. The second kappa shape index (κ2) is 8.88. The number of nitrogens with one attached hydrogen (secondary N) is 2. The van der Waals surface area contributed by atoms with E-state index in [9.17, 15) is 14.4 Å². The van der Waals surface area contributed by atoms with Gasteiger partial charge >= 0.3 is 12.0 Å². The SMILES string of the molecule is C[C@@H](NC(=O)COC(=O)C1CCN(C(=O)Nc2ccccc2)CC1)C1CC1. The molecule has 1 aromatic carbocycles. The van der Waals surface area contributed by atoms with Gasteiger partial charge in [0, 0.05) is 24.8 Å². The average Bonchev–Trinajstić information content (AvgIpc) is 3.52. The van der Waals surface area contributed by atoms with Gasteiger partial charge in [-0.1, -0.05) is 18.2 Å². The first kappa shape index (κ1) is 19.2. The van der Waals surface area contributed by atoms with Crippen molar-refractivity contribution in [3.05, 3.63) is 30.3 Å². The second-order valence-corrected chi connectivity index (χ2v) is 7.36. The molecule has 0 bridgehead atoms. The van der Waals surface area contributed by atoms with Crippen molar-refractivity contribution in [3.8, 4) is 0 Å². The maximum absolute atomic E-state index is 12.3. The predicted molar refractivity (Wildman–Crippen MR) is 101 cm³/mol. The molecule has 1 heterocycles. The van der Waals surface area contributed by atoms with E-state index in [1.54, 1.807) is 4.90 Å². The van der Waals surface area contributed by atoms with Crippen molar-refractivity contribution >= 4 is 23.6 Å². The van der Waals surface area contributed by atoms with Crippen molar-refractivity contribution in [3.63, 3.8) is 0 Å². The minimum atomic E-state index is -0.354. The molecule has 7 nitrogen and oxygen atoms in total. The molecule has 1 aromatic rings. The molecule has 146 valence electrons. The molecule has 3 amide bonds. The summed E-state index contributed by atoms with van der Waals surface area (Å²) in [4.78, 5) is 38.0. The van der Waals surface area contributed by atoms with Gasteiger partial charge in [-0.25, -0.2) is 4.79 Å². The van der Waals surface area contributed by atoms with Gasteiger partial charge in [0.15, 0.2) is 6.61 Å². The minimum absolute atomic E-state index is 0.141. The van der Waals surface area contributed by atoms with Crippen LogP contribution in [0, 0.1) is 11.8 Å². The molecule has 1 atom stereocenters. The highest BCUT2D eigenvalue weighted by molar-refractivity contribution is 5.89. The van der Waals surface area contributed by atoms with Crippen molar-refractivity contribution in [2.45, 2.75) is 38.6 Å². The highest BCUT2D eigenvalue weighted by atomic mass is 16.5. The van der Waals surface area contributed by atoms with Gasteiger partial charge in [-0.2, -0.15) is 0 Å². The van der Waals surface area contributed by atoms with Crippen LogP contribution in [0.3, 0.4) is 0 Å². The van der Waals surface area contributed by atoms with Gasteiger partial charge in [0.2, 0.25) is 0 Å². The fraction of sp³-hybridized carbons (Fsp3) is 0.550. The summed E-state index contributed by atoms with van der Waals surface area (Å²) in [6, 6.07) is 9.25. The topological polar surface area (TPSA) is 87.7 Å². The predicted octanol–water partition coefficient (Wildman–Crippen LogP) is 2.39. The van der Waals surface area contributed by atoms with Crippen LogP contribution in [0.2, 0.25) is 0 Å². The Morgan fingerprint density at radius 1 is 1.11 bits per heavy atom. The zero-order valence-corrected chi connectivity index (χ0v) is 15.6. The van der Waals surface area contributed by atoms with Crippen molar-refractivity contribution in [2.75, 3.05) is 25.0 Å². The minimum Gasteiger partial charge on any atom is -0.455 e. The van der Waals surface area contributed by atoms with Crippen molar-refractivity contribution in [1.82, 2.24) is 10.2 Å². The number of benzene rings is 1. The van der Waals surface area contributed by atoms with Crippen LogP contribution < -0.4 is 10.6 Å². The maximum atomic E-state index is 12.3. The van der Waals surface area contributed by atoms with Crippen molar-refractivity contribution in [2.24, 2.45) is 11.8 Å². The number of ether oxygens (including phenoxy) is 1. The van der Waals surface area contributed by atoms with Gasteiger partial charge in [0.25, 0.3) is 5.91 Å². The summed E-state index contributed by atoms with van der Waals surface area (Å²) in [5, 5.41) is 5.71. The van der Waals surface area contributed by atoms with E-state index in [0.717, 1.165) is 18.5 Å². The van der Waals surface area contributed by atoms with Gasteiger partial charge < -0.3 is 20.3 Å². The molecule has 0 aromatic heterocycles. The van der Waals surface area contributed by atoms with Crippen LogP contribution >= 0.6 is 0 Å². The van der Waals surface area contributed by atoms with E-state index in [4.69, 9.17) is 4.74 Å². The number of hydrogen-bond acceptors (Lipinski definition) is 4. The van der Waals surface area contributed by atoms with E-state index >= 15 is 0 Å². The summed E-state index contributed by atoms with van der Waals surface area (Å²) in [6.45, 7) is 2.73. The van der Waals surface area contributed by atoms with E-state index < -0.39 is 0 Å². The Morgan fingerprint density at radius 2 is 1.78 bits per heavy atom. The summed E-state index contributed by atoms with van der Waals surface area (Å²) >= 11 is 0. The Balaban J connectivity index is 1.36. The summed E-state index contributed by atoms with van der Waals surface area (Å²) < 4.78 is 5.17. The zero-order valence-electron chi connectivity index (χ0n) is 15.6. The first-order chi connectivity index (χ1) is 13.0. The number of likely N-dealkylation sites (tertiary alicyclic amines) is 1. The molecule has 0 spiro atoms. The number of esters is 1. The lowest BCUT2D eigenvalue weighted by molar-refractivity contribution is -0.154. The molecule has 2 fully saturated rings. The lowest BCUT2D eigenvalue weighted by Crippen LogP contribution is -2.43. The molecule has 1 aliphatic heterocycles. The number of nitrogens with zero attached hydrogens (tertiary/aromatic N) is 1. The average molecular weight is 373 g/mol. The van der Waals surface area contributed by atoms with E-state index in [2.05, 4.69) is 10.6 Å². The lowest BCUT2D eigenvalue weighted by atomic mass is 9.97. The quantitative estimate of drug-likeness (QED) is 0.750. The highest BCUT2D eigenvalue weighted by Crippen LogP contribution is 2.32. The Morgan fingerprint density at radius 3 is 2.41 bits per heavy atom. The van der Waals surface area contributed by atoms with Crippen LogP contribution in [0.15, 0.2) is 30.3 Å². The van der Waals surface area contributed by atoms with Gasteiger partial charge in [-0.05, 0) is 50.7 Å². The van der Waals surface area contributed by atoms with Crippen molar-refractivity contribution < 1.29 is 19.1 Å². The van der Waals surface area contributed by atoms with E-state index in [1.165, 1.54) is 0 Å². The van der Waals surface area contributed by atoms with Gasteiger partial charge in [0.05, 0.1) is 5.92 Å². The smallest absolute Gasteiger partial charge is 0.321 e. The van der Waals surface area contributed by atoms with Crippen LogP contribution in [0.5, 0.6) is 0 Å². The number of carbonyl (C=O) groups excluding carboxylic acids is 3. The molecule has 0 radical (unpaired) electrons. The Bertz CT molecular complexity index is 667. The number of hydrogen-bond donors (Lipinski definition) is 2. The van der Waals surface area contributed by atoms with E-state index in [-0.39, 0.29) is 36.5 Å². The van der Waals surface area contributed by atoms with E-state index in [0.29, 0.717) is 31.8 Å². The molecule has 2 N–H and O–H groups in total. The number of para-hydroxylation sites is 1. The fourth-order valence-electron chi connectivity index (χ4n) is 3.31. The molecule has 1 saturated carbocycles. The summed E-state index contributed by atoms with van der Waals surface area (Å²) in [7, 11) is 0. The number of carbonyl (C=O) groups is 3. The largest absolute Gasteiger partial charge is 0.455 e. The molecule has 0 unspecified atom stereocenters. The molecular formula is C20H27N3O4. The van der Waals surface area contributed by atoms with Crippen LogP contribution in [0.25, 0.3) is 0 Å². The summed E-state index contributed by atoms with van der Waals surface area (Å²) in [5.74, 6) is -0.301. The molecule has 1 aliphatic carbocycles. The molecule has 27 heavy (non-hydrogen) atoms. The lowest BCUT2D eigenvalue weighted by Gasteiger charge is -2.30. The molecule has 3 rings (SSSR count). The fourth-order valence-corrected chi connectivity index (χ4v) is 3.31. The monoisotopic (exact) mass is 373 g/mol. The highest BCUT2D eigenvalue weighted by Gasteiger charge is 2.30. The third-order valence-corrected chi connectivity index (χ3v) is 5.20. The first-order valence-electron chi connectivity index (χ1n) is 9.60. The Hall–Kier alpha value is -2.57. The Kier molecular flexibility index (Phi) is 6.32. The molecule has 7 heteroatoms. The Labute approximate surface area is 159 Å². The van der Waals surface area contributed by atoms with Crippen LogP contribution in [-0.4, -0.2) is 48.5 Å². The standard InChI is InChI=1S/C20H27N3O4/c1-14(15-7-8-15)21-18(24)13-27-19(25)16-9-11-23(12-10-16)20(26)22-17-5-3-2-4-6-17/h2-6,14-16H,7-13H2,1H3,(H,21,24)(H,22,26)/t14-/m1/s1. The second-order valence-electron chi connectivity index (χ2n) is 7.36. The summed E-state index contributed by atoms with van der Waals surface area (Å²) in [6.07, 6.45) is 3.39. The zero-order chi connectivity index (χ0) is 19.2. The molecule has 2 aliphatic rings. The first-order valence-corrected chi connectivity index (χ1v) is 9.60. The van der Waals surface area contributed by atoms with Crippen LogP contribution in [-0.2, 0) is 14.3 Å². The number of amides is 3. The number of rotatable bonds is 6. The van der Waals surface area contributed by atoms with Crippen molar-refractivity contribution in [1.29, 1.82) is 0 Å². The number of piperidine rings is 1. The normalized spacial score (nSPS) is 18.5. The third kappa shape index (κ3) is 5.70. The van der Waals surface area contributed by atoms with Gasteiger partial charge in [-0.3, -0.25) is 9.59 Å². The summed E-state index contributed by atoms with van der Waals surface area (Å²) in [5.41, 5.74) is 0.746. The van der Waals surface area contributed by atoms with Crippen LogP contribution in [0.4, 0.5) is 10.5 Å². The van der Waals surface area contributed by atoms with Gasteiger partial charge in [0.1, 0.15) is 0 Å².